The summed E-state index contributed by atoms with van der Waals surface area (Å²) in [5.74, 6) is -3.28. The van der Waals surface area contributed by atoms with Gasteiger partial charge in [0, 0.05) is 27.7 Å². The monoisotopic (exact) mass is 1320 g/mol. The minimum atomic E-state index is -2.45. The van der Waals surface area contributed by atoms with Crippen molar-refractivity contribution in [3.8, 4) is 0 Å². The highest BCUT2D eigenvalue weighted by molar-refractivity contribution is 5.74. The van der Waals surface area contributed by atoms with Crippen LogP contribution in [-0.2, 0) is 80.8 Å². The van der Waals surface area contributed by atoms with Gasteiger partial charge in [0.1, 0.15) is 171 Å². The number of hydrogen-bond donors (Lipinski definition) is 23. The first-order valence-corrected chi connectivity index (χ1v) is 28.6. The molecule has 7 rings (SSSR count). The molecule has 0 aromatic carbocycles. The second kappa shape index (κ2) is 32.4. The zero-order valence-corrected chi connectivity index (χ0v) is 48.6. The van der Waals surface area contributed by atoms with Gasteiger partial charge in [0.05, 0.1) is 46.2 Å². The van der Waals surface area contributed by atoms with E-state index in [0.717, 1.165) is 27.7 Å². The maximum atomic E-state index is 12.8. The minimum Gasteiger partial charge on any atom is -0.394 e. The standard InChI is InChI=1S/C50H84N4O36/c1-12(61)51-23-34(72)39(20(9-59)79-44(23)77)86-47-26(54-15(4)64)35(73)40(21(10-60)84-47)87-48-38(76)41(88-50-43(37(75)30(68)19(8-58)83-50)90-46-25(53-14(3)63)33(71)28(66)17(6-56)81-46)31(69)22(85-48)11-78-49-42(36(74)29(67)18(7-57)82-49)89-45-24(52-13(2)62)32(70)27(65)16(5-55)80-45/h16-50,55-60,65-77H,5-11H2,1-4H3,(H,51,61)(H,52,62)(H,53,63)(H,54,64)/t16-,17-,18-,19-,20-,21-,22-,23-,24-,25-,26-,27-,28+,29-,30-,31-,32-,33-,34-,35-,36+,37+,38+,39-,40-,41+,42+,43+,44?,45+,46+,47+,48+,49+,50-/m1/s1. The van der Waals surface area contributed by atoms with Crippen LogP contribution in [0.15, 0.2) is 0 Å². The van der Waals surface area contributed by atoms with E-state index in [0.29, 0.717) is 0 Å². The number of amides is 4. The van der Waals surface area contributed by atoms with E-state index in [4.69, 9.17) is 61.6 Å². The third-order valence-electron chi connectivity index (χ3n) is 16.1. The molecule has 7 aliphatic heterocycles. The summed E-state index contributed by atoms with van der Waals surface area (Å²) < 4.78 is 76.6. The summed E-state index contributed by atoms with van der Waals surface area (Å²) in [6.45, 7) is -3.14. The topological polar surface area (TPSA) is 621 Å². The van der Waals surface area contributed by atoms with Gasteiger partial charge in [-0.05, 0) is 0 Å². The Morgan fingerprint density at radius 3 is 1.01 bits per heavy atom. The Morgan fingerprint density at radius 2 is 0.589 bits per heavy atom. The summed E-state index contributed by atoms with van der Waals surface area (Å²) in [7, 11) is 0. The van der Waals surface area contributed by atoms with Gasteiger partial charge in [0.25, 0.3) is 0 Å². The number of aliphatic hydroxyl groups is 19. The molecule has 35 atom stereocenters. The van der Waals surface area contributed by atoms with Crippen molar-refractivity contribution in [1.82, 2.24) is 21.3 Å². The molecule has 7 heterocycles. The van der Waals surface area contributed by atoms with Crippen LogP contribution in [0.4, 0.5) is 0 Å². The summed E-state index contributed by atoms with van der Waals surface area (Å²) in [4.78, 5) is 49.5. The highest BCUT2D eigenvalue weighted by Crippen LogP contribution is 2.38. The van der Waals surface area contributed by atoms with E-state index in [-0.39, 0.29) is 0 Å². The van der Waals surface area contributed by atoms with Gasteiger partial charge in [0.15, 0.2) is 44.0 Å². The molecule has 40 nitrogen and oxygen atoms in total. The van der Waals surface area contributed by atoms with Crippen molar-refractivity contribution in [3.63, 3.8) is 0 Å². The quantitative estimate of drug-likeness (QED) is 0.0452. The molecule has 7 saturated heterocycles. The Labute approximate surface area is 510 Å². The molecule has 4 amide bonds. The van der Waals surface area contributed by atoms with E-state index < -0.39 is 285 Å². The molecule has 1 unspecified atom stereocenters. The number of nitrogens with one attached hydrogen (secondary N) is 4. The van der Waals surface area contributed by atoms with Gasteiger partial charge in [0.2, 0.25) is 23.6 Å². The first kappa shape index (κ1) is 74.0. The van der Waals surface area contributed by atoms with Crippen molar-refractivity contribution in [3.05, 3.63) is 0 Å². The van der Waals surface area contributed by atoms with E-state index >= 15 is 0 Å². The third kappa shape index (κ3) is 16.4. The van der Waals surface area contributed by atoms with Gasteiger partial charge in [-0.25, -0.2) is 0 Å². The number of ether oxygens (including phenoxy) is 13. The van der Waals surface area contributed by atoms with E-state index in [1.54, 1.807) is 0 Å². The highest BCUT2D eigenvalue weighted by Gasteiger charge is 2.59. The lowest BCUT2D eigenvalue weighted by atomic mass is 9.93. The summed E-state index contributed by atoms with van der Waals surface area (Å²) in [6.07, 6.45) is -61.9. The Bertz CT molecular complexity index is 2310. The molecule has 7 aliphatic rings. The van der Waals surface area contributed by atoms with Crippen LogP contribution in [-0.4, -0.2) is 382 Å². The normalized spacial score (nSPS) is 47.6. The fourth-order valence-electron chi connectivity index (χ4n) is 11.5. The van der Waals surface area contributed by atoms with Crippen LogP contribution < -0.4 is 21.3 Å². The van der Waals surface area contributed by atoms with Crippen LogP contribution in [0.5, 0.6) is 0 Å². The molecule has 0 aromatic heterocycles. The lowest BCUT2D eigenvalue weighted by molar-refractivity contribution is -0.396. The molecule has 0 saturated carbocycles. The molecule has 520 valence electrons. The van der Waals surface area contributed by atoms with Crippen LogP contribution in [0.2, 0.25) is 0 Å². The Kier molecular flexibility index (Phi) is 26.6. The van der Waals surface area contributed by atoms with Crippen LogP contribution in [0.3, 0.4) is 0 Å². The predicted molar refractivity (Wildman–Crippen MR) is 278 cm³/mol. The van der Waals surface area contributed by atoms with E-state index in [1.165, 1.54) is 0 Å². The second-order valence-electron chi connectivity index (χ2n) is 22.5. The first-order valence-electron chi connectivity index (χ1n) is 28.6. The average Bonchev–Trinajstić information content (AvgIpc) is 0.827. The van der Waals surface area contributed by atoms with Gasteiger partial charge in [-0.15, -0.1) is 0 Å². The van der Waals surface area contributed by atoms with Crippen LogP contribution in [0.1, 0.15) is 27.7 Å². The Balaban J connectivity index is 1.25. The Morgan fingerprint density at radius 1 is 0.289 bits per heavy atom. The molecule has 23 N–H and O–H groups in total. The average molecular weight is 1320 g/mol. The van der Waals surface area contributed by atoms with Gasteiger partial charge in [-0.2, -0.15) is 0 Å². The van der Waals surface area contributed by atoms with Crippen molar-refractivity contribution >= 4 is 23.6 Å². The molecule has 0 bridgehead atoms. The van der Waals surface area contributed by atoms with Crippen molar-refractivity contribution < 1.29 is 178 Å². The second-order valence-corrected chi connectivity index (χ2v) is 22.5. The molecule has 90 heavy (non-hydrogen) atoms. The van der Waals surface area contributed by atoms with Gasteiger partial charge >= 0.3 is 0 Å². The molecular weight excluding hydrogens is 1230 g/mol. The van der Waals surface area contributed by atoms with Crippen molar-refractivity contribution in [2.24, 2.45) is 0 Å². The van der Waals surface area contributed by atoms with E-state index in [1.807, 2.05) is 0 Å². The number of carbonyl (C=O) groups excluding carboxylic acids is 4. The summed E-state index contributed by atoms with van der Waals surface area (Å²) >= 11 is 0. The number of carbonyl (C=O) groups is 4. The van der Waals surface area contributed by atoms with Gasteiger partial charge < -0.3 is 180 Å². The molecule has 7 fully saturated rings. The largest absolute Gasteiger partial charge is 0.394 e. The smallest absolute Gasteiger partial charge is 0.217 e. The van der Waals surface area contributed by atoms with E-state index in [2.05, 4.69) is 21.3 Å². The summed E-state index contributed by atoms with van der Waals surface area (Å²) in [5.41, 5.74) is 0. The summed E-state index contributed by atoms with van der Waals surface area (Å²) in [6, 6.07) is -6.84. The Hall–Kier alpha value is -3.40. The number of aliphatic hydroxyl groups excluding tert-OH is 19. The predicted octanol–water partition coefficient (Wildman–Crippen LogP) is -15.7. The van der Waals surface area contributed by atoms with Crippen LogP contribution in [0.25, 0.3) is 0 Å². The molecule has 0 spiro atoms. The number of rotatable bonds is 23. The molecular formula is C50H84N4O36. The zero-order chi connectivity index (χ0) is 66.5. The summed E-state index contributed by atoms with van der Waals surface area (Å²) in [5, 5.41) is 218. The van der Waals surface area contributed by atoms with Gasteiger partial charge in [-0.1, -0.05) is 0 Å². The molecule has 40 heteroatoms. The maximum absolute atomic E-state index is 12.8. The molecule has 0 radical (unpaired) electrons. The third-order valence-corrected chi connectivity index (χ3v) is 16.1. The SMILES string of the molecule is CC(=O)N[C@H]1[C@H](O[C@H]2[C@H](O)[C@@H](NC(C)=O)C(O)O[C@@H]2CO)O[C@H](CO)[C@@H](O[C@@H]2O[C@H](CO[C@H]3O[C@H](CO)[C@@H](O)[C@H](O)[C@@H]3O[C@@H]3O[C@H](CO)[C@@H](O)[C@H](O)[C@H]3NC(C)=O)[C@@H](O)[C@H](O[C@H]3O[C@H](CO)[C@@H](O)[C@H](O)[C@@H]3O[C@@H]3O[C@H](CO)[C@H](O)[C@H](O)[C@H]3NC(C)=O)[C@@H]2O)[C@@H]1O. The fraction of sp³-hybridized carbons (Fsp3) is 0.920. The minimum absolute atomic E-state index is 0.751. The molecule has 0 aliphatic carbocycles. The fourth-order valence-corrected chi connectivity index (χ4v) is 11.5. The molecule has 0 aromatic rings. The highest BCUT2D eigenvalue weighted by atomic mass is 16.8. The van der Waals surface area contributed by atoms with Crippen LogP contribution >= 0.6 is 0 Å². The van der Waals surface area contributed by atoms with E-state index in [9.17, 15) is 116 Å². The van der Waals surface area contributed by atoms with Crippen molar-refractivity contribution in [2.75, 3.05) is 46.2 Å². The van der Waals surface area contributed by atoms with Gasteiger partial charge in [-0.3, -0.25) is 19.2 Å². The van der Waals surface area contributed by atoms with Crippen molar-refractivity contribution in [1.29, 1.82) is 0 Å². The zero-order valence-electron chi connectivity index (χ0n) is 48.6. The maximum Gasteiger partial charge on any atom is 0.217 e. The lowest BCUT2D eigenvalue weighted by Gasteiger charge is -2.51. The first-order chi connectivity index (χ1) is 42.5. The lowest BCUT2D eigenvalue weighted by Crippen LogP contribution is -2.70. The number of hydrogen-bond acceptors (Lipinski definition) is 36. The van der Waals surface area contributed by atoms with Crippen LogP contribution in [0, 0.1) is 0 Å². The van der Waals surface area contributed by atoms with Crippen molar-refractivity contribution in [2.45, 2.75) is 242 Å².